The maximum atomic E-state index is 12.4. The number of nitrogens with zero attached hydrogens (tertiary/aromatic N) is 3. The van der Waals surface area contributed by atoms with Crippen molar-refractivity contribution in [3.05, 3.63) is 65.5 Å². The first-order valence-electron chi connectivity index (χ1n) is 7.53. The van der Waals surface area contributed by atoms with E-state index in [-0.39, 0.29) is 5.91 Å². The van der Waals surface area contributed by atoms with Gasteiger partial charge in [-0.05, 0) is 55.8 Å². The van der Waals surface area contributed by atoms with Crippen molar-refractivity contribution in [1.29, 1.82) is 0 Å². The van der Waals surface area contributed by atoms with Crippen molar-refractivity contribution in [3.63, 3.8) is 0 Å². The smallest absolute Gasteiger partial charge is 0.278 e. The minimum absolute atomic E-state index is 0.280. The molecule has 0 saturated heterocycles. The molecule has 0 aliphatic heterocycles. The number of carbonyl (C=O) groups excluding carboxylic acids is 1. The molecule has 1 amide bonds. The van der Waals surface area contributed by atoms with E-state index in [1.807, 2.05) is 62.4 Å². The summed E-state index contributed by atoms with van der Waals surface area (Å²) in [7, 11) is 1.61. The molecule has 0 radical (unpaired) electrons. The highest BCUT2D eigenvalue weighted by molar-refractivity contribution is 6.03. The molecule has 0 unspecified atom stereocenters. The van der Waals surface area contributed by atoms with Crippen molar-refractivity contribution in [3.8, 4) is 11.4 Å². The van der Waals surface area contributed by atoms with Gasteiger partial charge in [0.1, 0.15) is 5.75 Å². The summed E-state index contributed by atoms with van der Waals surface area (Å²) in [6.07, 6.45) is 0. The maximum absolute atomic E-state index is 12.4. The van der Waals surface area contributed by atoms with Crippen LogP contribution in [0.15, 0.2) is 48.5 Å². The predicted octanol–water partition coefficient (Wildman–Crippen LogP) is 3.15. The molecule has 0 aliphatic rings. The lowest BCUT2D eigenvalue weighted by molar-refractivity contribution is 0.102. The zero-order chi connectivity index (χ0) is 17.1. The van der Waals surface area contributed by atoms with Gasteiger partial charge in [-0.15, -0.1) is 5.10 Å². The number of hydrogen-bond donors (Lipinski definition) is 1. The quantitative estimate of drug-likeness (QED) is 0.801. The highest BCUT2D eigenvalue weighted by Gasteiger charge is 2.17. The van der Waals surface area contributed by atoms with Crippen LogP contribution in [-0.4, -0.2) is 28.0 Å². The molecule has 3 aromatic rings. The topological polar surface area (TPSA) is 69.0 Å². The summed E-state index contributed by atoms with van der Waals surface area (Å²) >= 11 is 0. The standard InChI is InChI=1S/C18H18N4O2/c1-12-5-4-6-14(11-12)19-18(23)17-13(2)22(21-20-17)15-7-9-16(24-3)10-8-15/h4-11H,1-3H3,(H,19,23). The lowest BCUT2D eigenvalue weighted by atomic mass is 10.2. The Morgan fingerprint density at radius 3 is 2.54 bits per heavy atom. The average Bonchev–Trinajstić information content (AvgIpc) is 2.96. The van der Waals surface area contributed by atoms with Gasteiger partial charge in [-0.25, -0.2) is 4.68 Å². The fourth-order valence-electron chi connectivity index (χ4n) is 2.42. The van der Waals surface area contributed by atoms with Crippen LogP contribution in [0.25, 0.3) is 5.69 Å². The summed E-state index contributed by atoms with van der Waals surface area (Å²) in [6, 6.07) is 15.0. The highest BCUT2D eigenvalue weighted by Crippen LogP contribution is 2.18. The summed E-state index contributed by atoms with van der Waals surface area (Å²) in [5.74, 6) is 0.479. The van der Waals surface area contributed by atoms with Gasteiger partial charge < -0.3 is 10.1 Å². The van der Waals surface area contributed by atoms with E-state index in [4.69, 9.17) is 4.74 Å². The van der Waals surface area contributed by atoms with E-state index in [0.29, 0.717) is 11.4 Å². The molecule has 0 saturated carbocycles. The largest absolute Gasteiger partial charge is 0.497 e. The first-order chi connectivity index (χ1) is 11.6. The number of ether oxygens (including phenoxy) is 1. The first-order valence-corrected chi connectivity index (χ1v) is 7.53. The van der Waals surface area contributed by atoms with Crippen molar-refractivity contribution < 1.29 is 9.53 Å². The second-order valence-electron chi connectivity index (χ2n) is 5.46. The molecule has 1 aromatic heterocycles. The molecule has 0 aliphatic carbocycles. The number of methoxy groups -OCH3 is 1. The fourth-order valence-corrected chi connectivity index (χ4v) is 2.42. The van der Waals surface area contributed by atoms with Gasteiger partial charge >= 0.3 is 0 Å². The molecule has 6 nitrogen and oxygen atoms in total. The molecule has 0 spiro atoms. The molecule has 2 aromatic carbocycles. The Bertz CT molecular complexity index is 869. The Morgan fingerprint density at radius 1 is 1.12 bits per heavy atom. The van der Waals surface area contributed by atoms with Crippen molar-refractivity contribution in [2.45, 2.75) is 13.8 Å². The molecule has 1 heterocycles. The zero-order valence-electron chi connectivity index (χ0n) is 13.8. The lowest BCUT2D eigenvalue weighted by Gasteiger charge is -2.06. The molecular weight excluding hydrogens is 304 g/mol. The van der Waals surface area contributed by atoms with E-state index in [1.54, 1.807) is 11.8 Å². The number of amides is 1. The second-order valence-corrected chi connectivity index (χ2v) is 5.46. The number of nitrogens with one attached hydrogen (secondary N) is 1. The maximum Gasteiger partial charge on any atom is 0.278 e. The first kappa shape index (κ1) is 15.7. The number of hydrogen-bond acceptors (Lipinski definition) is 4. The molecule has 3 rings (SSSR count). The summed E-state index contributed by atoms with van der Waals surface area (Å²) < 4.78 is 6.77. The minimum Gasteiger partial charge on any atom is -0.497 e. The normalized spacial score (nSPS) is 10.5. The zero-order valence-corrected chi connectivity index (χ0v) is 13.8. The van der Waals surface area contributed by atoms with Gasteiger partial charge in [0, 0.05) is 5.69 Å². The fraction of sp³-hybridized carbons (Fsp3) is 0.167. The van der Waals surface area contributed by atoms with Gasteiger partial charge in [0.15, 0.2) is 5.69 Å². The number of aromatic nitrogens is 3. The average molecular weight is 322 g/mol. The van der Waals surface area contributed by atoms with Gasteiger partial charge in [-0.2, -0.15) is 0 Å². The molecular formula is C18H18N4O2. The van der Waals surface area contributed by atoms with Gasteiger partial charge in [-0.1, -0.05) is 17.3 Å². The Labute approximate surface area is 140 Å². The van der Waals surface area contributed by atoms with Crippen molar-refractivity contribution in [2.24, 2.45) is 0 Å². The van der Waals surface area contributed by atoms with Gasteiger partial charge in [0.25, 0.3) is 5.91 Å². The van der Waals surface area contributed by atoms with Crippen LogP contribution in [0, 0.1) is 13.8 Å². The van der Waals surface area contributed by atoms with Crippen molar-refractivity contribution in [2.75, 3.05) is 12.4 Å². The molecule has 1 N–H and O–H groups in total. The van der Waals surface area contributed by atoms with E-state index < -0.39 is 0 Å². The number of anilines is 1. The van der Waals surface area contributed by atoms with Crippen LogP contribution in [0.5, 0.6) is 5.75 Å². The number of carbonyl (C=O) groups is 1. The Balaban J connectivity index is 1.84. The van der Waals surface area contributed by atoms with E-state index in [2.05, 4.69) is 15.6 Å². The highest BCUT2D eigenvalue weighted by atomic mass is 16.5. The minimum atomic E-state index is -0.280. The number of aryl methyl sites for hydroxylation is 1. The predicted molar refractivity (Wildman–Crippen MR) is 91.8 cm³/mol. The van der Waals surface area contributed by atoms with E-state index in [0.717, 1.165) is 22.7 Å². The molecule has 122 valence electrons. The summed E-state index contributed by atoms with van der Waals surface area (Å²) in [4.78, 5) is 12.4. The molecule has 6 heteroatoms. The number of benzene rings is 2. The van der Waals surface area contributed by atoms with Crippen LogP contribution in [0.3, 0.4) is 0 Å². The van der Waals surface area contributed by atoms with E-state index >= 15 is 0 Å². The molecule has 0 bridgehead atoms. The summed E-state index contributed by atoms with van der Waals surface area (Å²) in [5, 5.41) is 11.0. The second kappa shape index (κ2) is 6.54. The van der Waals surface area contributed by atoms with Crippen molar-refractivity contribution >= 4 is 11.6 Å². The van der Waals surface area contributed by atoms with Gasteiger partial charge in [0.05, 0.1) is 18.5 Å². The Kier molecular flexibility index (Phi) is 4.29. The third-order valence-corrected chi connectivity index (χ3v) is 3.70. The SMILES string of the molecule is COc1ccc(-n2nnc(C(=O)Nc3cccc(C)c3)c2C)cc1. The Morgan fingerprint density at radius 2 is 1.88 bits per heavy atom. The van der Waals surface area contributed by atoms with Gasteiger partial charge in [-0.3, -0.25) is 4.79 Å². The van der Waals surface area contributed by atoms with Crippen LogP contribution in [0.4, 0.5) is 5.69 Å². The van der Waals surface area contributed by atoms with Crippen LogP contribution in [0.2, 0.25) is 0 Å². The molecule has 0 fully saturated rings. The lowest BCUT2D eigenvalue weighted by Crippen LogP contribution is -2.14. The van der Waals surface area contributed by atoms with E-state index in [9.17, 15) is 4.79 Å². The van der Waals surface area contributed by atoms with Crippen LogP contribution in [0.1, 0.15) is 21.7 Å². The third kappa shape index (κ3) is 3.12. The van der Waals surface area contributed by atoms with Crippen molar-refractivity contribution in [1.82, 2.24) is 15.0 Å². The van der Waals surface area contributed by atoms with Crippen LogP contribution >= 0.6 is 0 Å². The number of rotatable bonds is 4. The monoisotopic (exact) mass is 322 g/mol. The Hall–Kier alpha value is -3.15. The van der Waals surface area contributed by atoms with Crippen LogP contribution < -0.4 is 10.1 Å². The summed E-state index contributed by atoms with van der Waals surface area (Å²) in [6.45, 7) is 3.79. The third-order valence-electron chi connectivity index (χ3n) is 3.70. The molecule has 0 atom stereocenters. The van der Waals surface area contributed by atoms with Gasteiger partial charge in [0.2, 0.25) is 0 Å². The summed E-state index contributed by atoms with van der Waals surface area (Å²) in [5.41, 5.74) is 3.60. The molecule has 24 heavy (non-hydrogen) atoms. The van der Waals surface area contributed by atoms with E-state index in [1.165, 1.54) is 0 Å². The van der Waals surface area contributed by atoms with Crippen LogP contribution in [-0.2, 0) is 0 Å².